The van der Waals surface area contributed by atoms with E-state index in [4.69, 9.17) is 4.74 Å². The molecule has 0 spiro atoms. The number of pyridine rings is 1. The van der Waals surface area contributed by atoms with E-state index in [9.17, 15) is 14.4 Å². The number of amides is 4. The highest BCUT2D eigenvalue weighted by Crippen LogP contribution is 2.45. The predicted octanol–water partition coefficient (Wildman–Crippen LogP) is 2.31. The summed E-state index contributed by atoms with van der Waals surface area (Å²) in [6.07, 6.45) is 2.25. The number of urea groups is 1. The number of methoxy groups -OCH3 is 1. The topological polar surface area (TPSA) is 108 Å². The first-order valence-electron chi connectivity index (χ1n) is 10.9. The van der Waals surface area contributed by atoms with Crippen molar-refractivity contribution in [3.63, 3.8) is 0 Å². The molecule has 3 aromatic rings. The lowest BCUT2D eigenvalue weighted by Gasteiger charge is -2.36. The summed E-state index contributed by atoms with van der Waals surface area (Å²) in [6, 6.07) is 9.72. The molecule has 2 atom stereocenters. The van der Waals surface area contributed by atoms with E-state index >= 15 is 0 Å². The van der Waals surface area contributed by atoms with Crippen LogP contribution in [0.2, 0.25) is 0 Å². The molecule has 1 saturated heterocycles. The first kappa shape index (κ1) is 21.0. The van der Waals surface area contributed by atoms with Crippen LogP contribution in [0.25, 0.3) is 10.9 Å². The molecule has 33 heavy (non-hydrogen) atoms. The number of nitrogens with one attached hydrogen (secondary N) is 2. The van der Waals surface area contributed by atoms with E-state index in [1.54, 1.807) is 44.2 Å². The Morgan fingerprint density at radius 3 is 2.85 bits per heavy atom. The van der Waals surface area contributed by atoms with Crippen molar-refractivity contribution in [2.45, 2.75) is 38.4 Å². The molecule has 4 amide bonds. The van der Waals surface area contributed by atoms with E-state index in [-0.39, 0.29) is 6.54 Å². The lowest BCUT2D eigenvalue weighted by molar-refractivity contribution is -0.139. The maximum Gasteiger partial charge on any atom is 0.328 e. The molecule has 9 heteroatoms. The zero-order valence-corrected chi connectivity index (χ0v) is 18.7. The molecule has 0 radical (unpaired) electrons. The Kier molecular flexibility index (Phi) is 4.84. The van der Waals surface area contributed by atoms with Gasteiger partial charge >= 0.3 is 6.03 Å². The SMILES string of the molecule is COc1ccc2[nH]c3c(c2c1)CCN1C(=O)N([C@@H](C)C(=O)NCc2ccccn2)C(=O)[C@]31C. The van der Waals surface area contributed by atoms with Crippen molar-refractivity contribution in [3.05, 3.63) is 59.5 Å². The van der Waals surface area contributed by atoms with Gasteiger partial charge in [-0.15, -0.1) is 0 Å². The van der Waals surface area contributed by atoms with Crippen molar-refractivity contribution in [2.75, 3.05) is 13.7 Å². The number of carbonyl (C=O) groups excluding carboxylic acids is 3. The molecule has 4 heterocycles. The summed E-state index contributed by atoms with van der Waals surface area (Å²) in [5.74, 6) is -0.0922. The molecule has 1 fully saturated rings. The van der Waals surface area contributed by atoms with Gasteiger partial charge in [0, 0.05) is 23.6 Å². The Balaban J connectivity index is 1.45. The zero-order chi connectivity index (χ0) is 23.3. The van der Waals surface area contributed by atoms with Gasteiger partial charge in [0.15, 0.2) is 5.54 Å². The summed E-state index contributed by atoms with van der Waals surface area (Å²) in [5, 5.41) is 3.75. The fraction of sp³-hybridized carbons (Fsp3) is 0.333. The van der Waals surface area contributed by atoms with Gasteiger partial charge in [-0.25, -0.2) is 9.69 Å². The third kappa shape index (κ3) is 3.06. The van der Waals surface area contributed by atoms with Gasteiger partial charge in [0.05, 0.1) is 25.0 Å². The number of H-pyrrole nitrogens is 1. The second-order valence-corrected chi connectivity index (χ2v) is 8.54. The van der Waals surface area contributed by atoms with E-state index in [1.165, 1.54) is 0 Å². The average Bonchev–Trinajstić information content (AvgIpc) is 3.30. The maximum atomic E-state index is 13.7. The molecule has 0 saturated carbocycles. The molecule has 0 unspecified atom stereocenters. The van der Waals surface area contributed by atoms with Crippen LogP contribution in [0.5, 0.6) is 5.75 Å². The predicted molar refractivity (Wildman–Crippen MR) is 120 cm³/mol. The molecular weight excluding hydrogens is 422 g/mol. The molecule has 5 rings (SSSR count). The summed E-state index contributed by atoms with van der Waals surface area (Å²) in [7, 11) is 1.61. The highest BCUT2D eigenvalue weighted by Gasteiger charge is 2.60. The third-order valence-electron chi connectivity index (χ3n) is 6.73. The fourth-order valence-corrected chi connectivity index (χ4v) is 4.86. The number of aromatic nitrogens is 2. The maximum absolute atomic E-state index is 13.7. The van der Waals surface area contributed by atoms with Crippen molar-refractivity contribution in [1.82, 2.24) is 25.1 Å². The summed E-state index contributed by atoms with van der Waals surface area (Å²) in [6.45, 7) is 3.92. The summed E-state index contributed by atoms with van der Waals surface area (Å²) in [4.78, 5) is 50.0. The number of hydrogen-bond acceptors (Lipinski definition) is 5. The molecule has 2 aliphatic rings. The molecule has 9 nitrogen and oxygen atoms in total. The largest absolute Gasteiger partial charge is 0.497 e. The van der Waals surface area contributed by atoms with E-state index in [0.717, 1.165) is 27.1 Å². The minimum atomic E-state index is -1.20. The van der Waals surface area contributed by atoms with Crippen molar-refractivity contribution in [2.24, 2.45) is 0 Å². The van der Waals surface area contributed by atoms with E-state index < -0.39 is 29.4 Å². The minimum absolute atomic E-state index is 0.217. The van der Waals surface area contributed by atoms with Gasteiger partial charge in [0.2, 0.25) is 5.91 Å². The minimum Gasteiger partial charge on any atom is -0.497 e. The van der Waals surface area contributed by atoms with Crippen LogP contribution in [0.4, 0.5) is 4.79 Å². The number of rotatable bonds is 5. The molecule has 1 aromatic carbocycles. The number of hydrogen-bond donors (Lipinski definition) is 2. The van der Waals surface area contributed by atoms with Gasteiger partial charge in [-0.1, -0.05) is 6.07 Å². The van der Waals surface area contributed by atoms with Crippen molar-refractivity contribution in [3.8, 4) is 5.75 Å². The van der Waals surface area contributed by atoms with Crippen LogP contribution in [0.15, 0.2) is 42.6 Å². The number of ether oxygens (including phenoxy) is 1. The average molecular weight is 447 g/mol. The van der Waals surface area contributed by atoms with Gasteiger partial charge in [0.25, 0.3) is 5.91 Å². The molecule has 2 N–H and O–H groups in total. The Morgan fingerprint density at radius 2 is 2.12 bits per heavy atom. The monoisotopic (exact) mass is 447 g/mol. The summed E-state index contributed by atoms with van der Waals surface area (Å²) < 4.78 is 5.36. The van der Waals surface area contributed by atoms with Gasteiger partial charge in [-0.2, -0.15) is 0 Å². The Labute approximate surface area is 190 Å². The number of carbonyl (C=O) groups is 3. The lowest BCUT2D eigenvalue weighted by atomic mass is 9.87. The van der Waals surface area contributed by atoms with Gasteiger partial charge in [-0.3, -0.25) is 14.6 Å². The number of benzene rings is 1. The Bertz CT molecular complexity index is 1270. The summed E-state index contributed by atoms with van der Waals surface area (Å²) in [5.41, 5.74) is 2.06. The van der Waals surface area contributed by atoms with Crippen molar-refractivity contribution >= 4 is 28.7 Å². The van der Waals surface area contributed by atoms with Gasteiger partial charge in [-0.05, 0) is 56.2 Å². The number of fused-ring (bicyclic) bond motifs is 5. The smallest absolute Gasteiger partial charge is 0.328 e. The Hall–Kier alpha value is -3.88. The second kappa shape index (κ2) is 7.61. The number of aromatic amines is 1. The molecule has 0 bridgehead atoms. The Morgan fingerprint density at radius 1 is 1.30 bits per heavy atom. The fourth-order valence-electron chi connectivity index (χ4n) is 4.86. The summed E-state index contributed by atoms with van der Waals surface area (Å²) >= 11 is 0. The van der Waals surface area contributed by atoms with Crippen LogP contribution in [0.3, 0.4) is 0 Å². The molecule has 0 aliphatic carbocycles. The third-order valence-corrected chi connectivity index (χ3v) is 6.73. The quantitative estimate of drug-likeness (QED) is 0.584. The molecule has 170 valence electrons. The molecule has 2 aliphatic heterocycles. The lowest BCUT2D eigenvalue weighted by Crippen LogP contribution is -2.49. The zero-order valence-electron chi connectivity index (χ0n) is 18.7. The first-order valence-corrected chi connectivity index (χ1v) is 10.9. The van der Waals surface area contributed by atoms with E-state index in [1.807, 2.05) is 24.3 Å². The molecular formula is C24H25N5O4. The number of imide groups is 1. The van der Waals surface area contributed by atoms with Gasteiger partial charge < -0.3 is 19.9 Å². The first-order chi connectivity index (χ1) is 15.9. The van der Waals surface area contributed by atoms with Crippen molar-refractivity contribution in [1.29, 1.82) is 0 Å². The van der Waals surface area contributed by atoms with Crippen LogP contribution >= 0.6 is 0 Å². The standard InChI is InChI=1S/C24H25N5O4/c1-14(21(30)26-13-15-6-4-5-10-25-15)29-22(31)24(2)20-17(9-11-28(24)23(29)32)18-12-16(33-3)7-8-19(18)27-20/h4-8,10,12,14,27H,9,11,13H2,1-3H3,(H,26,30)/t14-,24-/m0/s1. The normalized spacial score (nSPS) is 20.6. The van der Waals surface area contributed by atoms with Crippen LogP contribution in [-0.4, -0.2) is 57.3 Å². The van der Waals surface area contributed by atoms with Crippen molar-refractivity contribution < 1.29 is 19.1 Å². The highest BCUT2D eigenvalue weighted by atomic mass is 16.5. The molecule has 2 aromatic heterocycles. The van der Waals surface area contributed by atoms with Crippen LogP contribution in [0, 0.1) is 0 Å². The van der Waals surface area contributed by atoms with Gasteiger partial charge in [0.1, 0.15) is 11.8 Å². The van der Waals surface area contributed by atoms with E-state index in [0.29, 0.717) is 24.4 Å². The second-order valence-electron chi connectivity index (χ2n) is 8.54. The van der Waals surface area contributed by atoms with Crippen LogP contribution in [-0.2, 0) is 28.1 Å². The van der Waals surface area contributed by atoms with Crippen LogP contribution < -0.4 is 10.1 Å². The highest BCUT2D eigenvalue weighted by molar-refractivity contribution is 6.11. The van der Waals surface area contributed by atoms with E-state index in [2.05, 4.69) is 15.3 Å². The number of nitrogens with zero attached hydrogens (tertiary/aromatic N) is 3. The van der Waals surface area contributed by atoms with Crippen LogP contribution in [0.1, 0.15) is 30.8 Å².